The number of hydrogen-bond acceptors (Lipinski definition) is 7. The van der Waals surface area contributed by atoms with Crippen LogP contribution in [0, 0.1) is 0 Å². The maximum atomic E-state index is 11.6. The van der Waals surface area contributed by atoms with Crippen LogP contribution in [0.5, 0.6) is 0 Å². The fourth-order valence-electron chi connectivity index (χ4n) is 0.924. The smallest absolute Gasteiger partial charge is 0.302 e. The molecule has 0 aliphatic carbocycles. The van der Waals surface area contributed by atoms with Gasteiger partial charge in [0.1, 0.15) is 0 Å². The minimum Gasteiger partial charge on any atom is -0.302 e. The molecule has 0 N–H and O–H groups in total. The van der Waals surface area contributed by atoms with Gasteiger partial charge in [0, 0.05) is 3.12 Å². The Kier molecular flexibility index (Phi) is 4.58. The maximum absolute atomic E-state index is 11.6. The summed E-state index contributed by atoms with van der Waals surface area (Å²) in [5, 5.41) is 0. The summed E-state index contributed by atoms with van der Waals surface area (Å²) in [6.45, 7) is 4.44. The van der Waals surface area contributed by atoms with E-state index in [1.165, 1.54) is 19.6 Å². The van der Waals surface area contributed by atoms with E-state index in [0.717, 1.165) is 0 Å². The van der Waals surface area contributed by atoms with Gasteiger partial charge in [0.05, 0.1) is 12.5 Å². The van der Waals surface area contributed by atoms with Crippen LogP contribution in [0.3, 0.4) is 0 Å². The summed E-state index contributed by atoms with van der Waals surface area (Å²) in [6, 6.07) is 0. The van der Waals surface area contributed by atoms with Crippen molar-refractivity contribution in [1.29, 1.82) is 0 Å². The zero-order chi connectivity index (χ0) is 14.3. The monoisotopic (exact) mass is 325 g/mol. The Bertz CT molecular complexity index is 550. The molecule has 0 rings (SSSR count). The lowest BCUT2D eigenvalue weighted by atomic mass is 11.8. The van der Waals surface area contributed by atoms with Crippen LogP contribution in [-0.2, 0) is 34.2 Å². The van der Waals surface area contributed by atoms with Crippen molar-refractivity contribution in [2.24, 2.45) is 0 Å². The summed E-state index contributed by atoms with van der Waals surface area (Å²) >= 11 is 0. The predicted molar refractivity (Wildman–Crippen MR) is 64.9 cm³/mol. The van der Waals surface area contributed by atoms with Crippen molar-refractivity contribution < 1.29 is 29.1 Å². The van der Waals surface area contributed by atoms with Crippen LogP contribution in [0.25, 0.3) is 0 Å². The van der Waals surface area contributed by atoms with Crippen LogP contribution in [0.1, 0.15) is 0 Å². The molecule has 0 aliphatic rings. The maximum Gasteiger partial charge on any atom is 0.355 e. The fourth-order valence-corrected chi connectivity index (χ4v) is 8.86. The minimum absolute atomic E-state index is 0.471. The van der Waals surface area contributed by atoms with E-state index in [-0.39, 0.29) is 0 Å². The summed E-state index contributed by atoms with van der Waals surface area (Å²) in [7, 11) is -16.5. The van der Waals surface area contributed by atoms with Crippen LogP contribution < -0.4 is 0 Å². The molecule has 0 aromatic carbocycles. The minimum atomic E-state index is -4.88. The van der Waals surface area contributed by atoms with Gasteiger partial charge in [-0.2, -0.15) is 8.42 Å². The van der Waals surface area contributed by atoms with E-state index in [4.69, 9.17) is 0 Å². The predicted octanol–water partition coefficient (Wildman–Crippen LogP) is -0.696. The van der Waals surface area contributed by atoms with Gasteiger partial charge in [0.15, 0.2) is 0 Å². The zero-order valence-corrected chi connectivity index (χ0v) is 13.5. The third kappa shape index (κ3) is 5.44. The van der Waals surface area contributed by atoms with Gasteiger partial charge in [0.25, 0.3) is 0 Å². The lowest BCUT2D eigenvalue weighted by Gasteiger charge is -2.22. The van der Waals surface area contributed by atoms with Crippen LogP contribution in [-0.4, -0.2) is 49.2 Å². The number of sulfonamides is 2. The van der Waals surface area contributed by atoms with Gasteiger partial charge in [0.2, 0.25) is 28.4 Å². The molecule has 0 amide bonds. The van der Waals surface area contributed by atoms with Gasteiger partial charge in [-0.05, 0) is 19.6 Å². The number of hydrogen-bond donors (Lipinski definition) is 0. The van der Waals surface area contributed by atoms with Crippen molar-refractivity contribution >= 4 is 38.7 Å². The second-order valence-corrected chi connectivity index (χ2v) is 14.8. The van der Waals surface area contributed by atoms with E-state index in [2.05, 4.69) is 3.87 Å². The second kappa shape index (κ2) is 4.58. The molecule has 0 bridgehead atoms. The van der Waals surface area contributed by atoms with Gasteiger partial charge >= 0.3 is 10.3 Å². The summed E-state index contributed by atoms with van der Waals surface area (Å²) in [5.41, 5.74) is 0. The second-order valence-electron chi connectivity index (χ2n) is 4.31. The highest BCUT2D eigenvalue weighted by Crippen LogP contribution is 2.18. The third-order valence-electron chi connectivity index (χ3n) is 1.08. The average molecular weight is 325 g/mol. The summed E-state index contributed by atoms with van der Waals surface area (Å²) in [6.07, 6.45) is 0.943. The summed E-state index contributed by atoms with van der Waals surface area (Å²) in [4.78, 5) is 0. The quantitative estimate of drug-likeness (QED) is 0.614. The first kappa shape index (κ1) is 17.0. The van der Waals surface area contributed by atoms with Crippen molar-refractivity contribution in [3.05, 3.63) is 0 Å². The van der Waals surface area contributed by atoms with Gasteiger partial charge in [-0.1, -0.05) is 0 Å². The van der Waals surface area contributed by atoms with E-state index in [9.17, 15) is 25.3 Å². The molecule has 0 aliphatic heterocycles. The molecular formula is C5H15NO7S3Si. The molecule has 8 nitrogen and oxygen atoms in total. The highest BCUT2D eigenvalue weighted by Gasteiger charge is 2.42. The van der Waals surface area contributed by atoms with E-state index < -0.39 is 41.8 Å². The van der Waals surface area contributed by atoms with Gasteiger partial charge in [-0.3, -0.25) is 0 Å². The normalized spacial score (nSPS) is 15.2. The molecule has 0 atom stereocenters. The van der Waals surface area contributed by atoms with Gasteiger partial charge in [-0.15, -0.1) is 0 Å². The van der Waals surface area contributed by atoms with Crippen molar-refractivity contribution in [1.82, 2.24) is 3.12 Å². The van der Waals surface area contributed by atoms with Crippen molar-refractivity contribution in [2.75, 3.05) is 12.5 Å². The standard InChI is InChI=1S/C5H15NO7S3Si/c1-14(7,8)6(15(2,9)10)16(11,12)13-17(3,4)5/h1-5H3. The molecule has 0 saturated carbocycles. The summed E-state index contributed by atoms with van der Waals surface area (Å²) in [5.74, 6) is 0. The number of rotatable bonds is 5. The third-order valence-corrected chi connectivity index (χ3v) is 9.72. The lowest BCUT2D eigenvalue weighted by Crippen LogP contribution is -2.45. The molecule has 0 radical (unpaired) electrons. The Balaban J connectivity index is 5.87. The fraction of sp³-hybridized carbons (Fsp3) is 1.00. The van der Waals surface area contributed by atoms with Crippen LogP contribution >= 0.6 is 0 Å². The highest BCUT2D eigenvalue weighted by atomic mass is 32.3. The molecule has 12 heteroatoms. The first-order chi connectivity index (χ1) is 7.07. The molecule has 0 saturated heterocycles. The SMILES string of the molecule is C[Si](C)(C)OS(=O)(=O)N(S(C)(=O)=O)S(C)(=O)=O. The van der Waals surface area contributed by atoms with Crippen molar-refractivity contribution in [2.45, 2.75) is 19.6 Å². The van der Waals surface area contributed by atoms with E-state index in [1.807, 2.05) is 0 Å². The lowest BCUT2D eigenvalue weighted by molar-refractivity contribution is 0.455. The molecule has 104 valence electrons. The van der Waals surface area contributed by atoms with Crippen LogP contribution in [0.4, 0.5) is 0 Å². The molecular weight excluding hydrogens is 310 g/mol. The molecule has 0 aromatic rings. The molecule has 17 heavy (non-hydrogen) atoms. The van der Waals surface area contributed by atoms with Crippen LogP contribution in [0.15, 0.2) is 0 Å². The molecule has 0 fully saturated rings. The highest BCUT2D eigenvalue weighted by molar-refractivity contribution is 8.16. The molecule has 0 aromatic heterocycles. The van der Waals surface area contributed by atoms with E-state index in [0.29, 0.717) is 12.5 Å². The molecule has 0 heterocycles. The Hall–Kier alpha value is -0.0131. The van der Waals surface area contributed by atoms with Crippen molar-refractivity contribution in [3.63, 3.8) is 0 Å². The van der Waals surface area contributed by atoms with Crippen molar-refractivity contribution in [3.8, 4) is 0 Å². The average Bonchev–Trinajstić information content (AvgIpc) is 1.66. The van der Waals surface area contributed by atoms with Gasteiger partial charge < -0.3 is 3.87 Å². The van der Waals surface area contributed by atoms with E-state index >= 15 is 0 Å². The Morgan fingerprint density at radius 1 is 0.824 bits per heavy atom. The van der Waals surface area contributed by atoms with E-state index in [1.54, 1.807) is 0 Å². The summed E-state index contributed by atoms with van der Waals surface area (Å²) < 4.78 is 72.1. The Morgan fingerprint density at radius 3 is 1.29 bits per heavy atom. The Labute approximate surface area is 103 Å². The van der Waals surface area contributed by atoms with Crippen LogP contribution in [0.2, 0.25) is 19.6 Å². The largest absolute Gasteiger partial charge is 0.355 e. The molecule has 0 unspecified atom stereocenters. The Morgan fingerprint density at radius 2 is 1.12 bits per heavy atom. The number of nitrogens with zero attached hydrogens (tertiary/aromatic N) is 1. The first-order valence-corrected chi connectivity index (χ1v) is 12.7. The topological polar surface area (TPSA) is 115 Å². The zero-order valence-electron chi connectivity index (χ0n) is 10.0. The van der Waals surface area contributed by atoms with Gasteiger partial charge in [-0.25, -0.2) is 16.8 Å². The first-order valence-electron chi connectivity index (χ1n) is 4.24. The molecule has 0 spiro atoms.